The zero-order valence-electron chi connectivity index (χ0n) is 10.9. The molecule has 0 aliphatic carbocycles. The molecule has 1 atom stereocenters. The zero-order chi connectivity index (χ0) is 12.7. The van der Waals surface area contributed by atoms with Gasteiger partial charge >= 0.3 is 0 Å². The molecular formula is C14H22N2O. The van der Waals surface area contributed by atoms with Crippen LogP contribution >= 0.6 is 0 Å². The standard InChI is InChI=1S/C14H22N2O/c1-11(2)16-14(17)10-15-9-12(3)13-7-5-4-6-8-13/h4-8,11-12,15H,9-10H2,1-3H3,(H,16,17). The van der Waals surface area contributed by atoms with Crippen molar-refractivity contribution in [3.8, 4) is 0 Å². The van der Waals surface area contributed by atoms with Gasteiger partial charge in [-0.2, -0.15) is 0 Å². The normalized spacial score (nSPS) is 12.5. The molecule has 3 heteroatoms. The van der Waals surface area contributed by atoms with E-state index >= 15 is 0 Å². The number of hydrogen-bond acceptors (Lipinski definition) is 2. The van der Waals surface area contributed by atoms with Crippen LogP contribution in [0.25, 0.3) is 0 Å². The summed E-state index contributed by atoms with van der Waals surface area (Å²) in [6, 6.07) is 10.5. The van der Waals surface area contributed by atoms with E-state index in [1.165, 1.54) is 5.56 Å². The Morgan fingerprint density at radius 3 is 2.41 bits per heavy atom. The number of amides is 1. The zero-order valence-corrected chi connectivity index (χ0v) is 10.9. The Bertz CT molecular complexity index is 335. The molecule has 0 saturated heterocycles. The van der Waals surface area contributed by atoms with Gasteiger partial charge in [0.05, 0.1) is 6.54 Å². The van der Waals surface area contributed by atoms with Gasteiger partial charge in [0.15, 0.2) is 0 Å². The number of hydrogen-bond donors (Lipinski definition) is 2. The maximum Gasteiger partial charge on any atom is 0.234 e. The number of rotatable bonds is 6. The lowest BCUT2D eigenvalue weighted by molar-refractivity contribution is -0.120. The summed E-state index contributed by atoms with van der Waals surface area (Å²) < 4.78 is 0. The minimum Gasteiger partial charge on any atom is -0.353 e. The molecule has 0 bridgehead atoms. The van der Waals surface area contributed by atoms with Crippen molar-refractivity contribution in [2.24, 2.45) is 0 Å². The van der Waals surface area contributed by atoms with Crippen molar-refractivity contribution in [3.05, 3.63) is 35.9 Å². The molecule has 0 saturated carbocycles. The van der Waals surface area contributed by atoms with Gasteiger partial charge in [-0.3, -0.25) is 4.79 Å². The van der Waals surface area contributed by atoms with Gasteiger partial charge in [-0.1, -0.05) is 37.3 Å². The fraction of sp³-hybridized carbons (Fsp3) is 0.500. The molecule has 0 radical (unpaired) electrons. The summed E-state index contributed by atoms with van der Waals surface area (Å²) in [4.78, 5) is 11.4. The van der Waals surface area contributed by atoms with Crippen molar-refractivity contribution in [3.63, 3.8) is 0 Å². The quantitative estimate of drug-likeness (QED) is 0.789. The Balaban J connectivity index is 2.25. The summed E-state index contributed by atoms with van der Waals surface area (Å²) in [5.41, 5.74) is 1.30. The summed E-state index contributed by atoms with van der Waals surface area (Å²) in [7, 11) is 0. The van der Waals surface area contributed by atoms with Crippen molar-refractivity contribution >= 4 is 5.91 Å². The summed E-state index contributed by atoms with van der Waals surface area (Å²) in [5, 5.41) is 6.03. The SMILES string of the molecule is CC(C)NC(=O)CNCC(C)c1ccccc1. The molecule has 3 nitrogen and oxygen atoms in total. The summed E-state index contributed by atoms with van der Waals surface area (Å²) >= 11 is 0. The Hall–Kier alpha value is -1.35. The van der Waals surface area contributed by atoms with E-state index in [0.717, 1.165) is 6.54 Å². The van der Waals surface area contributed by atoms with Crippen molar-refractivity contribution in [1.29, 1.82) is 0 Å². The molecule has 2 N–H and O–H groups in total. The molecule has 17 heavy (non-hydrogen) atoms. The van der Waals surface area contributed by atoms with Gasteiger partial charge in [0.2, 0.25) is 5.91 Å². The van der Waals surface area contributed by atoms with Crippen molar-refractivity contribution < 1.29 is 4.79 Å². The number of benzene rings is 1. The molecule has 0 heterocycles. The molecule has 1 aromatic carbocycles. The van der Waals surface area contributed by atoms with Crippen LogP contribution in [0.4, 0.5) is 0 Å². The van der Waals surface area contributed by atoms with Crippen LogP contribution < -0.4 is 10.6 Å². The molecular weight excluding hydrogens is 212 g/mol. The summed E-state index contributed by atoms with van der Waals surface area (Å²) in [5.74, 6) is 0.475. The third kappa shape index (κ3) is 5.50. The Kier molecular flexibility index (Phi) is 5.70. The van der Waals surface area contributed by atoms with Crippen LogP contribution in [0, 0.1) is 0 Å². The number of carbonyl (C=O) groups excluding carboxylic acids is 1. The van der Waals surface area contributed by atoms with Gasteiger partial charge in [0.1, 0.15) is 0 Å². The van der Waals surface area contributed by atoms with Crippen molar-refractivity contribution in [1.82, 2.24) is 10.6 Å². The first-order chi connectivity index (χ1) is 8.09. The van der Waals surface area contributed by atoms with Crippen LogP contribution in [0.1, 0.15) is 32.3 Å². The van der Waals surface area contributed by atoms with Gasteiger partial charge < -0.3 is 10.6 Å². The van der Waals surface area contributed by atoms with Crippen molar-refractivity contribution in [2.45, 2.75) is 32.7 Å². The van der Waals surface area contributed by atoms with Gasteiger partial charge in [-0.05, 0) is 25.3 Å². The van der Waals surface area contributed by atoms with Crippen LogP contribution in [0.2, 0.25) is 0 Å². The molecule has 0 fully saturated rings. The Morgan fingerprint density at radius 2 is 1.82 bits per heavy atom. The highest BCUT2D eigenvalue weighted by Gasteiger charge is 2.06. The predicted molar refractivity (Wildman–Crippen MR) is 71.0 cm³/mol. The first kappa shape index (κ1) is 13.7. The van der Waals surface area contributed by atoms with Crippen molar-refractivity contribution in [2.75, 3.05) is 13.1 Å². The van der Waals surface area contributed by atoms with Crippen LogP contribution in [0.5, 0.6) is 0 Å². The van der Waals surface area contributed by atoms with E-state index in [9.17, 15) is 4.79 Å². The first-order valence-corrected chi connectivity index (χ1v) is 6.14. The van der Waals surface area contributed by atoms with Gasteiger partial charge in [0, 0.05) is 12.6 Å². The molecule has 94 valence electrons. The van der Waals surface area contributed by atoms with Crippen LogP contribution in [0.3, 0.4) is 0 Å². The van der Waals surface area contributed by atoms with Gasteiger partial charge in [-0.25, -0.2) is 0 Å². The average molecular weight is 234 g/mol. The molecule has 0 aliphatic heterocycles. The lowest BCUT2D eigenvalue weighted by Crippen LogP contribution is -2.38. The van der Waals surface area contributed by atoms with Gasteiger partial charge in [-0.15, -0.1) is 0 Å². The monoisotopic (exact) mass is 234 g/mol. The highest BCUT2D eigenvalue weighted by atomic mass is 16.1. The topological polar surface area (TPSA) is 41.1 Å². The van der Waals surface area contributed by atoms with E-state index in [1.807, 2.05) is 32.0 Å². The molecule has 0 aliphatic rings. The Labute approximate surface area is 104 Å². The maximum atomic E-state index is 11.4. The average Bonchev–Trinajstić information content (AvgIpc) is 2.29. The Morgan fingerprint density at radius 1 is 1.18 bits per heavy atom. The van der Waals surface area contributed by atoms with E-state index in [1.54, 1.807) is 0 Å². The number of carbonyl (C=O) groups is 1. The summed E-state index contributed by atoms with van der Waals surface area (Å²) in [6.07, 6.45) is 0. The van der Waals surface area contributed by atoms with E-state index < -0.39 is 0 Å². The largest absolute Gasteiger partial charge is 0.353 e. The molecule has 1 rings (SSSR count). The van der Waals surface area contributed by atoms with Crippen LogP contribution in [-0.2, 0) is 4.79 Å². The smallest absolute Gasteiger partial charge is 0.234 e. The fourth-order valence-electron chi connectivity index (χ4n) is 1.67. The molecule has 1 amide bonds. The summed E-state index contributed by atoms with van der Waals surface area (Å²) in [6.45, 7) is 7.28. The van der Waals surface area contributed by atoms with E-state index in [2.05, 4.69) is 29.7 Å². The predicted octanol–water partition coefficient (Wildman–Crippen LogP) is 1.90. The van der Waals surface area contributed by atoms with E-state index in [4.69, 9.17) is 0 Å². The third-order valence-electron chi connectivity index (χ3n) is 2.55. The number of nitrogens with one attached hydrogen (secondary N) is 2. The second-order valence-corrected chi connectivity index (χ2v) is 4.66. The lowest BCUT2D eigenvalue weighted by Gasteiger charge is -2.13. The third-order valence-corrected chi connectivity index (χ3v) is 2.55. The molecule has 0 aromatic heterocycles. The molecule has 1 aromatic rings. The molecule has 0 spiro atoms. The minimum absolute atomic E-state index is 0.0558. The highest BCUT2D eigenvalue weighted by molar-refractivity contribution is 5.78. The van der Waals surface area contributed by atoms with Gasteiger partial charge in [0.25, 0.3) is 0 Å². The van der Waals surface area contributed by atoms with E-state index in [0.29, 0.717) is 12.5 Å². The second-order valence-electron chi connectivity index (χ2n) is 4.66. The second kappa shape index (κ2) is 7.07. The fourth-order valence-corrected chi connectivity index (χ4v) is 1.67. The maximum absolute atomic E-state index is 11.4. The minimum atomic E-state index is 0.0558. The lowest BCUT2D eigenvalue weighted by atomic mass is 10.0. The van der Waals surface area contributed by atoms with Crippen LogP contribution in [-0.4, -0.2) is 25.0 Å². The van der Waals surface area contributed by atoms with E-state index in [-0.39, 0.29) is 11.9 Å². The highest BCUT2D eigenvalue weighted by Crippen LogP contribution is 2.12. The molecule has 1 unspecified atom stereocenters. The van der Waals surface area contributed by atoms with Crippen LogP contribution in [0.15, 0.2) is 30.3 Å². The first-order valence-electron chi connectivity index (χ1n) is 6.14.